The average Bonchev–Trinajstić information content (AvgIpc) is 2.92. The lowest BCUT2D eigenvalue weighted by Gasteiger charge is -2.19. The topological polar surface area (TPSA) is 29.9 Å². The molecule has 0 saturated heterocycles. The quantitative estimate of drug-likeness (QED) is 0.806. The van der Waals surface area contributed by atoms with Gasteiger partial charge in [0.25, 0.3) is 0 Å². The molecule has 1 aromatic heterocycles. The van der Waals surface area contributed by atoms with Crippen LogP contribution in [0.1, 0.15) is 31.7 Å². The smallest absolute Gasteiger partial charge is 0.110 e. The minimum absolute atomic E-state index is 0.385. The number of halogens is 1. The predicted octanol–water partition coefficient (Wildman–Crippen LogP) is 3.71. The zero-order valence-corrected chi connectivity index (χ0v) is 13.6. The molecule has 0 spiro atoms. The zero-order valence-electron chi connectivity index (χ0n) is 12.8. The van der Waals surface area contributed by atoms with Gasteiger partial charge in [-0.25, -0.2) is 4.98 Å². The SMILES string of the molecule is CCCNC(Cc1cccc(Cl)c1)Cc1nccn1CC. The molecule has 0 saturated carbocycles. The van der Waals surface area contributed by atoms with E-state index >= 15 is 0 Å². The van der Waals surface area contributed by atoms with E-state index < -0.39 is 0 Å². The largest absolute Gasteiger partial charge is 0.335 e. The summed E-state index contributed by atoms with van der Waals surface area (Å²) in [4.78, 5) is 4.49. The summed E-state index contributed by atoms with van der Waals surface area (Å²) in [5.41, 5.74) is 1.27. The molecule has 2 aromatic rings. The van der Waals surface area contributed by atoms with Gasteiger partial charge in [0.05, 0.1) is 0 Å². The van der Waals surface area contributed by atoms with Crippen molar-refractivity contribution in [2.24, 2.45) is 0 Å². The van der Waals surface area contributed by atoms with Gasteiger partial charge in [0.1, 0.15) is 5.82 Å². The Hall–Kier alpha value is -1.32. The summed E-state index contributed by atoms with van der Waals surface area (Å²) in [5.74, 6) is 1.15. The highest BCUT2D eigenvalue weighted by Crippen LogP contribution is 2.14. The molecule has 1 unspecified atom stereocenters. The van der Waals surface area contributed by atoms with Gasteiger partial charge in [-0.1, -0.05) is 30.7 Å². The molecular formula is C17H24ClN3. The molecule has 1 aromatic carbocycles. The van der Waals surface area contributed by atoms with Gasteiger partial charge in [-0.2, -0.15) is 0 Å². The maximum atomic E-state index is 6.09. The van der Waals surface area contributed by atoms with Crippen molar-refractivity contribution in [3.63, 3.8) is 0 Å². The zero-order chi connectivity index (χ0) is 15.1. The summed E-state index contributed by atoms with van der Waals surface area (Å²) in [6.45, 7) is 6.33. The second-order valence-corrected chi connectivity index (χ2v) is 5.76. The first-order valence-electron chi connectivity index (χ1n) is 7.70. The number of rotatable bonds is 8. The van der Waals surface area contributed by atoms with Crippen LogP contribution in [-0.2, 0) is 19.4 Å². The second-order valence-electron chi connectivity index (χ2n) is 5.32. The van der Waals surface area contributed by atoms with Crippen molar-refractivity contribution in [2.75, 3.05) is 6.54 Å². The van der Waals surface area contributed by atoms with Crippen molar-refractivity contribution < 1.29 is 0 Å². The fourth-order valence-electron chi connectivity index (χ4n) is 2.55. The van der Waals surface area contributed by atoms with Crippen molar-refractivity contribution in [1.29, 1.82) is 0 Å². The van der Waals surface area contributed by atoms with Gasteiger partial charge < -0.3 is 9.88 Å². The van der Waals surface area contributed by atoms with E-state index in [-0.39, 0.29) is 0 Å². The molecule has 1 N–H and O–H groups in total. The number of aromatic nitrogens is 2. The third-order valence-electron chi connectivity index (χ3n) is 3.63. The molecule has 0 aliphatic rings. The minimum Gasteiger partial charge on any atom is -0.335 e. The molecule has 21 heavy (non-hydrogen) atoms. The van der Waals surface area contributed by atoms with Crippen LogP contribution in [0.25, 0.3) is 0 Å². The molecule has 0 fully saturated rings. The summed E-state index contributed by atoms with van der Waals surface area (Å²) >= 11 is 6.09. The van der Waals surface area contributed by atoms with Gasteiger partial charge in [-0.15, -0.1) is 0 Å². The van der Waals surface area contributed by atoms with Gasteiger partial charge in [-0.05, 0) is 44.0 Å². The van der Waals surface area contributed by atoms with Gasteiger partial charge >= 0.3 is 0 Å². The molecule has 1 heterocycles. The van der Waals surface area contributed by atoms with E-state index in [2.05, 4.69) is 40.8 Å². The van der Waals surface area contributed by atoms with Gasteiger partial charge in [0.15, 0.2) is 0 Å². The van der Waals surface area contributed by atoms with Crippen LogP contribution in [0.15, 0.2) is 36.7 Å². The summed E-state index contributed by atoms with van der Waals surface area (Å²) < 4.78 is 2.21. The Morgan fingerprint density at radius 2 is 2.14 bits per heavy atom. The summed E-state index contributed by atoms with van der Waals surface area (Å²) in [7, 11) is 0. The third-order valence-corrected chi connectivity index (χ3v) is 3.86. The summed E-state index contributed by atoms with van der Waals surface area (Å²) in [5, 5.41) is 4.43. The molecule has 3 nitrogen and oxygen atoms in total. The first-order valence-corrected chi connectivity index (χ1v) is 8.08. The first kappa shape index (κ1) is 16.1. The standard InChI is InChI=1S/C17H24ClN3/c1-3-8-19-16(12-14-6-5-7-15(18)11-14)13-17-20-9-10-21(17)4-2/h5-7,9-11,16,19H,3-4,8,12-13H2,1-2H3. The number of hydrogen-bond donors (Lipinski definition) is 1. The maximum Gasteiger partial charge on any atom is 0.110 e. The van der Waals surface area contributed by atoms with Crippen LogP contribution in [0, 0.1) is 0 Å². The first-order chi connectivity index (χ1) is 10.2. The number of aryl methyl sites for hydroxylation is 1. The van der Waals surface area contributed by atoms with E-state index in [1.165, 1.54) is 5.56 Å². The molecule has 2 rings (SSSR count). The fourth-order valence-corrected chi connectivity index (χ4v) is 2.76. The van der Waals surface area contributed by atoms with E-state index in [9.17, 15) is 0 Å². The molecule has 0 amide bonds. The second kappa shape index (κ2) is 8.20. The Bertz CT molecular complexity index is 550. The van der Waals surface area contributed by atoms with Crippen molar-refractivity contribution in [3.8, 4) is 0 Å². The summed E-state index contributed by atoms with van der Waals surface area (Å²) in [6, 6.07) is 8.51. The van der Waals surface area contributed by atoms with Crippen LogP contribution >= 0.6 is 11.6 Å². The Morgan fingerprint density at radius 1 is 1.29 bits per heavy atom. The molecular weight excluding hydrogens is 282 g/mol. The average molecular weight is 306 g/mol. The Labute approximate surface area is 132 Å². The molecule has 114 valence electrons. The maximum absolute atomic E-state index is 6.09. The third kappa shape index (κ3) is 4.87. The van der Waals surface area contributed by atoms with Crippen LogP contribution in [0.2, 0.25) is 5.02 Å². The van der Waals surface area contributed by atoms with Crippen molar-refractivity contribution in [1.82, 2.24) is 14.9 Å². The van der Waals surface area contributed by atoms with E-state index in [1.807, 2.05) is 24.5 Å². The Balaban J connectivity index is 2.07. The van der Waals surface area contributed by atoms with Crippen LogP contribution in [0.3, 0.4) is 0 Å². The number of nitrogens with zero attached hydrogens (tertiary/aromatic N) is 2. The highest BCUT2D eigenvalue weighted by Gasteiger charge is 2.13. The molecule has 0 bridgehead atoms. The summed E-state index contributed by atoms with van der Waals surface area (Å²) in [6.07, 6.45) is 6.97. The molecule has 1 atom stereocenters. The lowest BCUT2D eigenvalue weighted by molar-refractivity contribution is 0.485. The van der Waals surface area contributed by atoms with Crippen molar-refractivity contribution in [3.05, 3.63) is 53.1 Å². The lowest BCUT2D eigenvalue weighted by Crippen LogP contribution is -2.34. The van der Waals surface area contributed by atoms with Crippen LogP contribution in [0.4, 0.5) is 0 Å². The number of benzene rings is 1. The van der Waals surface area contributed by atoms with E-state index in [4.69, 9.17) is 11.6 Å². The van der Waals surface area contributed by atoms with Crippen LogP contribution < -0.4 is 5.32 Å². The van der Waals surface area contributed by atoms with Crippen molar-refractivity contribution >= 4 is 11.6 Å². The number of nitrogens with one attached hydrogen (secondary N) is 1. The highest BCUT2D eigenvalue weighted by atomic mass is 35.5. The van der Waals surface area contributed by atoms with Gasteiger partial charge in [0.2, 0.25) is 0 Å². The van der Waals surface area contributed by atoms with E-state index in [0.29, 0.717) is 6.04 Å². The molecule has 0 radical (unpaired) electrons. The van der Waals surface area contributed by atoms with E-state index in [1.54, 1.807) is 0 Å². The van der Waals surface area contributed by atoms with E-state index in [0.717, 1.165) is 43.2 Å². The van der Waals surface area contributed by atoms with Gasteiger partial charge in [-0.3, -0.25) is 0 Å². The van der Waals surface area contributed by atoms with Crippen LogP contribution in [-0.4, -0.2) is 22.1 Å². The molecule has 0 aliphatic heterocycles. The minimum atomic E-state index is 0.385. The lowest BCUT2D eigenvalue weighted by atomic mass is 10.0. The van der Waals surface area contributed by atoms with Crippen LogP contribution in [0.5, 0.6) is 0 Å². The monoisotopic (exact) mass is 305 g/mol. The normalized spacial score (nSPS) is 12.5. The Kier molecular flexibility index (Phi) is 6.27. The molecule has 0 aliphatic carbocycles. The highest BCUT2D eigenvalue weighted by molar-refractivity contribution is 6.30. The fraction of sp³-hybridized carbons (Fsp3) is 0.471. The van der Waals surface area contributed by atoms with Crippen molar-refractivity contribution in [2.45, 2.75) is 45.7 Å². The Morgan fingerprint density at radius 3 is 2.86 bits per heavy atom. The number of hydrogen-bond acceptors (Lipinski definition) is 2. The predicted molar refractivity (Wildman–Crippen MR) is 88.8 cm³/mol. The molecule has 4 heteroatoms. The van der Waals surface area contributed by atoms with Gasteiger partial charge in [0, 0.05) is 36.4 Å². The number of imidazole rings is 1.